The zero-order chi connectivity index (χ0) is 24.1. The van der Waals surface area contributed by atoms with Gasteiger partial charge in [0.2, 0.25) is 0 Å². The lowest BCUT2D eigenvalue weighted by Gasteiger charge is -2.22. The van der Waals surface area contributed by atoms with E-state index >= 15 is 0 Å². The molecule has 0 saturated heterocycles. The molecule has 176 valence electrons. The van der Waals surface area contributed by atoms with Crippen molar-refractivity contribution in [2.24, 2.45) is 0 Å². The van der Waals surface area contributed by atoms with Crippen molar-refractivity contribution in [3.05, 3.63) is 89.5 Å². The van der Waals surface area contributed by atoms with Gasteiger partial charge in [0.15, 0.2) is 6.61 Å². The van der Waals surface area contributed by atoms with Crippen LogP contribution in [-0.2, 0) is 32.4 Å². The fourth-order valence-electron chi connectivity index (χ4n) is 4.04. The van der Waals surface area contributed by atoms with Crippen LogP contribution in [0.25, 0.3) is 0 Å². The van der Waals surface area contributed by atoms with Crippen molar-refractivity contribution in [1.29, 1.82) is 0 Å². The number of benzene rings is 3. The minimum Gasteiger partial charge on any atom is -0.452 e. The molecule has 0 radical (unpaired) electrons. The van der Waals surface area contributed by atoms with Crippen LogP contribution in [0.15, 0.2) is 77.7 Å². The molecule has 1 aliphatic rings. The number of esters is 1. The van der Waals surface area contributed by atoms with Gasteiger partial charge in [0, 0.05) is 12.2 Å². The molecule has 1 N–H and O–H groups in total. The van der Waals surface area contributed by atoms with Gasteiger partial charge in [0.05, 0.1) is 16.1 Å². The van der Waals surface area contributed by atoms with Crippen LogP contribution in [0.3, 0.4) is 0 Å². The number of nitrogens with zero attached hydrogens (tertiary/aromatic N) is 1. The number of rotatable bonds is 8. The Balaban J connectivity index is 1.36. The van der Waals surface area contributed by atoms with E-state index in [9.17, 15) is 18.0 Å². The molecule has 8 heteroatoms. The first-order valence-corrected chi connectivity index (χ1v) is 12.6. The molecule has 34 heavy (non-hydrogen) atoms. The maximum Gasteiger partial charge on any atom is 0.338 e. The number of amides is 1. The molecule has 0 unspecified atom stereocenters. The zero-order valence-electron chi connectivity index (χ0n) is 18.9. The molecule has 0 aliphatic heterocycles. The summed E-state index contributed by atoms with van der Waals surface area (Å²) in [6.07, 6.45) is 3.18. The third-order valence-electron chi connectivity index (χ3n) is 5.73. The lowest BCUT2D eigenvalue weighted by Crippen LogP contribution is -2.30. The summed E-state index contributed by atoms with van der Waals surface area (Å²) in [6.45, 7) is 1.58. The Morgan fingerprint density at radius 1 is 0.941 bits per heavy atom. The minimum absolute atomic E-state index is 0.0594. The number of hydrogen-bond donors (Lipinski definition) is 1. The first kappa shape index (κ1) is 23.5. The number of hydrogen-bond acceptors (Lipinski definition) is 5. The highest BCUT2D eigenvalue weighted by atomic mass is 32.2. The quantitative estimate of drug-likeness (QED) is 0.490. The maximum atomic E-state index is 13.1. The number of anilines is 2. The molecule has 0 aromatic heterocycles. The van der Waals surface area contributed by atoms with Gasteiger partial charge in [-0.1, -0.05) is 24.3 Å². The molecule has 0 heterocycles. The van der Waals surface area contributed by atoms with E-state index in [2.05, 4.69) is 5.32 Å². The molecule has 3 aromatic rings. The van der Waals surface area contributed by atoms with Gasteiger partial charge in [-0.2, -0.15) is 0 Å². The van der Waals surface area contributed by atoms with Crippen molar-refractivity contribution in [3.8, 4) is 0 Å². The number of sulfonamides is 1. The van der Waals surface area contributed by atoms with E-state index in [0.29, 0.717) is 11.4 Å². The zero-order valence-corrected chi connectivity index (χ0v) is 19.7. The van der Waals surface area contributed by atoms with Crippen molar-refractivity contribution in [1.82, 2.24) is 0 Å². The number of ether oxygens (including phenoxy) is 1. The van der Waals surface area contributed by atoms with Crippen LogP contribution in [-0.4, -0.2) is 33.4 Å². The fourth-order valence-corrected chi connectivity index (χ4v) is 5.51. The molecular weight excluding hydrogens is 452 g/mol. The summed E-state index contributed by atoms with van der Waals surface area (Å²) in [7, 11) is -3.79. The number of carbonyl (C=O) groups excluding carboxylic acids is 2. The minimum atomic E-state index is -3.79. The second kappa shape index (κ2) is 10.1. The first-order chi connectivity index (χ1) is 16.4. The average Bonchev–Trinajstić information content (AvgIpc) is 3.31. The van der Waals surface area contributed by atoms with Gasteiger partial charge in [-0.15, -0.1) is 0 Å². The Labute approximate surface area is 199 Å². The Morgan fingerprint density at radius 2 is 1.65 bits per heavy atom. The molecule has 7 nitrogen and oxygen atoms in total. The van der Waals surface area contributed by atoms with Gasteiger partial charge in [0.25, 0.3) is 15.9 Å². The van der Waals surface area contributed by atoms with E-state index in [1.807, 2.05) is 24.3 Å². The predicted molar refractivity (Wildman–Crippen MR) is 130 cm³/mol. The molecule has 0 fully saturated rings. The Hall–Kier alpha value is -3.65. The molecule has 0 atom stereocenters. The van der Waals surface area contributed by atoms with Gasteiger partial charge in [0.1, 0.15) is 0 Å². The van der Waals surface area contributed by atoms with Gasteiger partial charge in [-0.3, -0.25) is 9.10 Å². The van der Waals surface area contributed by atoms with Crippen LogP contribution in [0, 0.1) is 0 Å². The smallest absolute Gasteiger partial charge is 0.338 e. The van der Waals surface area contributed by atoms with E-state index in [0.717, 1.165) is 19.3 Å². The van der Waals surface area contributed by atoms with E-state index in [-0.39, 0.29) is 17.0 Å². The second-order valence-corrected chi connectivity index (χ2v) is 9.85. The Bertz CT molecular complexity index is 1290. The normalized spacial score (nSPS) is 12.6. The Kier molecular flexibility index (Phi) is 6.98. The second-order valence-electron chi connectivity index (χ2n) is 7.99. The molecule has 1 aliphatic carbocycles. The maximum absolute atomic E-state index is 13.1. The lowest BCUT2D eigenvalue weighted by atomic mass is 10.1. The molecular formula is C26H26N2O5S. The van der Waals surface area contributed by atoms with Crippen molar-refractivity contribution in [2.45, 2.75) is 31.1 Å². The molecule has 0 spiro atoms. The van der Waals surface area contributed by atoms with E-state index in [1.165, 1.54) is 39.7 Å². The number of aryl methyl sites for hydroxylation is 2. The van der Waals surface area contributed by atoms with Crippen LogP contribution in [0.5, 0.6) is 0 Å². The van der Waals surface area contributed by atoms with Crippen LogP contribution < -0.4 is 9.62 Å². The number of nitrogens with one attached hydrogen (secondary N) is 1. The predicted octanol–water partition coefficient (Wildman–Crippen LogP) is 4.19. The largest absolute Gasteiger partial charge is 0.452 e. The van der Waals surface area contributed by atoms with Gasteiger partial charge in [-0.25, -0.2) is 13.2 Å². The van der Waals surface area contributed by atoms with E-state index in [1.54, 1.807) is 31.2 Å². The Morgan fingerprint density at radius 3 is 2.35 bits per heavy atom. The average molecular weight is 479 g/mol. The standard InChI is InChI=1S/C26H26N2O5S/c1-2-28(23-9-4-3-5-10-23)34(31,32)24-15-12-20(13-16-24)26(30)33-18-25(29)27-22-14-11-19-7-6-8-21(19)17-22/h3-5,9-17H,2,6-8,18H2,1H3,(H,27,29). The highest BCUT2D eigenvalue weighted by Gasteiger charge is 2.24. The fraction of sp³-hybridized carbons (Fsp3) is 0.231. The van der Waals surface area contributed by atoms with Crippen LogP contribution in [0.1, 0.15) is 34.8 Å². The summed E-state index contributed by atoms with van der Waals surface area (Å²) in [5.41, 5.74) is 3.93. The lowest BCUT2D eigenvalue weighted by molar-refractivity contribution is -0.119. The number of carbonyl (C=O) groups is 2. The van der Waals surface area contributed by atoms with Crippen molar-refractivity contribution in [2.75, 3.05) is 22.8 Å². The summed E-state index contributed by atoms with van der Waals surface area (Å²) in [4.78, 5) is 24.6. The summed E-state index contributed by atoms with van der Waals surface area (Å²) < 4.78 is 32.5. The highest BCUT2D eigenvalue weighted by Crippen LogP contribution is 2.25. The highest BCUT2D eigenvalue weighted by molar-refractivity contribution is 7.92. The molecule has 4 rings (SSSR count). The summed E-state index contributed by atoms with van der Waals surface area (Å²) in [5, 5.41) is 2.74. The van der Waals surface area contributed by atoms with Crippen molar-refractivity contribution >= 4 is 33.3 Å². The van der Waals surface area contributed by atoms with Crippen LogP contribution in [0.4, 0.5) is 11.4 Å². The van der Waals surface area contributed by atoms with E-state index in [4.69, 9.17) is 4.74 Å². The number of fused-ring (bicyclic) bond motifs is 1. The van der Waals surface area contributed by atoms with Crippen molar-refractivity contribution < 1.29 is 22.7 Å². The number of para-hydroxylation sites is 1. The topological polar surface area (TPSA) is 92.8 Å². The van der Waals surface area contributed by atoms with Gasteiger partial charge < -0.3 is 10.1 Å². The SMILES string of the molecule is CCN(c1ccccc1)S(=O)(=O)c1ccc(C(=O)OCC(=O)Nc2ccc3c(c2)CCC3)cc1. The molecule has 1 amide bonds. The van der Waals surface area contributed by atoms with Crippen molar-refractivity contribution in [3.63, 3.8) is 0 Å². The molecule has 0 bridgehead atoms. The van der Waals surface area contributed by atoms with Crippen LogP contribution >= 0.6 is 0 Å². The first-order valence-electron chi connectivity index (χ1n) is 11.1. The molecule has 0 saturated carbocycles. The third kappa shape index (κ3) is 5.12. The van der Waals surface area contributed by atoms with Gasteiger partial charge in [-0.05, 0) is 85.8 Å². The monoisotopic (exact) mass is 478 g/mol. The van der Waals surface area contributed by atoms with Gasteiger partial charge >= 0.3 is 5.97 Å². The summed E-state index contributed by atoms with van der Waals surface area (Å²) in [6, 6.07) is 20.1. The third-order valence-corrected chi connectivity index (χ3v) is 7.64. The summed E-state index contributed by atoms with van der Waals surface area (Å²) in [5.74, 6) is -1.14. The summed E-state index contributed by atoms with van der Waals surface area (Å²) >= 11 is 0. The van der Waals surface area contributed by atoms with E-state index < -0.39 is 28.5 Å². The van der Waals surface area contributed by atoms with Crippen LogP contribution in [0.2, 0.25) is 0 Å². The molecule has 3 aromatic carbocycles.